The summed E-state index contributed by atoms with van der Waals surface area (Å²) in [5.41, 5.74) is 0.821. The predicted molar refractivity (Wildman–Crippen MR) is 74.8 cm³/mol. The van der Waals surface area contributed by atoms with Crippen LogP contribution in [0.1, 0.15) is 12.8 Å². The van der Waals surface area contributed by atoms with Crippen LogP contribution in [0.15, 0.2) is 22.9 Å². The Hall–Kier alpha value is -0.269. The summed E-state index contributed by atoms with van der Waals surface area (Å²) in [5, 5.41) is 25.4. The molecule has 1 rings (SSSR count). The standard InChI is InChI=1S/C14H22N2O4.2Au/c1-19-7-3-5-15-11-9-12(14(18)10-13(11)17)16-6-4-8-20-2;;/h15-18H,3-8H2,1-2H3;;. The fraction of sp³-hybridized carbons (Fsp3) is 0.571. The molecule has 4 N–H and O–H groups in total. The zero-order chi connectivity index (χ0) is 14.8. The van der Waals surface area contributed by atoms with E-state index in [0.717, 1.165) is 12.8 Å². The summed E-state index contributed by atoms with van der Waals surface area (Å²) in [6.07, 6.45) is 6.99. The maximum atomic E-state index is 9.69. The van der Waals surface area contributed by atoms with E-state index in [2.05, 4.69) is 22.8 Å². The molecule has 0 unspecified atom stereocenters. The topological polar surface area (TPSA) is 83.0 Å². The molecular weight excluding hydrogens is 654 g/mol. The van der Waals surface area contributed by atoms with Crippen LogP contribution >= 0.6 is 0 Å². The van der Waals surface area contributed by atoms with E-state index in [9.17, 15) is 10.2 Å². The normalized spacial score (nSPS) is 13.2. The zero-order valence-corrected chi connectivity index (χ0v) is 16.9. The predicted octanol–water partition coefficient (Wildman–Crippen LogP) is 0.949. The maximum Gasteiger partial charge on any atom is 0.149 e. The number of hydrogen-bond acceptors (Lipinski definition) is 6. The Kier molecular flexibility index (Phi) is 15.6. The van der Waals surface area contributed by atoms with Crippen molar-refractivity contribution in [2.75, 3.05) is 40.5 Å². The van der Waals surface area contributed by atoms with Crippen molar-refractivity contribution in [2.24, 2.45) is 0 Å². The third-order valence-corrected chi connectivity index (χ3v) is 2.61. The van der Waals surface area contributed by atoms with Gasteiger partial charge < -0.3 is 30.3 Å². The summed E-state index contributed by atoms with van der Waals surface area (Å²) in [4.78, 5) is 0. The summed E-state index contributed by atoms with van der Waals surface area (Å²) < 4.78 is 9.89. The van der Waals surface area contributed by atoms with Crippen LogP contribution in [0.4, 0.5) is 0 Å². The molecule has 0 aromatic rings. The Morgan fingerprint density at radius 2 is 1.55 bits per heavy atom. The van der Waals surface area contributed by atoms with Crippen molar-refractivity contribution in [1.29, 1.82) is 0 Å². The number of allylic oxidation sites excluding steroid dienone is 2. The van der Waals surface area contributed by atoms with Crippen LogP contribution in [0, 0.1) is 12.2 Å². The number of methoxy groups -OCH3 is 2. The summed E-state index contributed by atoms with van der Waals surface area (Å²) in [7, 11) is 3.28. The van der Waals surface area contributed by atoms with Gasteiger partial charge in [0.05, 0.1) is 6.08 Å². The Morgan fingerprint density at radius 3 is 2.09 bits per heavy atom. The van der Waals surface area contributed by atoms with Crippen LogP contribution in [-0.4, -0.2) is 50.7 Å². The van der Waals surface area contributed by atoms with E-state index in [4.69, 9.17) is 9.47 Å². The van der Waals surface area contributed by atoms with Crippen LogP contribution in [0.25, 0.3) is 0 Å². The van der Waals surface area contributed by atoms with E-state index < -0.39 is 0 Å². The average Bonchev–Trinajstić information content (AvgIpc) is 2.43. The van der Waals surface area contributed by atoms with Gasteiger partial charge in [-0.25, -0.2) is 0 Å². The van der Waals surface area contributed by atoms with Crippen molar-refractivity contribution in [3.8, 4) is 0 Å². The molecule has 2 radical (unpaired) electrons. The van der Waals surface area contributed by atoms with Gasteiger partial charge in [0.15, 0.2) is 0 Å². The molecule has 0 heterocycles. The molecule has 0 bridgehead atoms. The average molecular weight is 676 g/mol. The van der Waals surface area contributed by atoms with E-state index in [0.29, 0.717) is 37.7 Å². The van der Waals surface area contributed by atoms with Crippen molar-refractivity contribution < 1.29 is 64.4 Å². The fourth-order valence-electron chi connectivity index (χ4n) is 1.60. The van der Waals surface area contributed by atoms with Gasteiger partial charge in [0.2, 0.25) is 0 Å². The van der Waals surface area contributed by atoms with Crippen LogP contribution in [0.2, 0.25) is 0 Å². The Morgan fingerprint density at radius 1 is 1.00 bits per heavy atom. The van der Waals surface area contributed by atoms with Crippen molar-refractivity contribution in [2.45, 2.75) is 12.8 Å². The SMILES string of the molecule is COCCCNC1=[C+]C(NCCCOC)=C(O)[C-]=C1O.[Au].[Au]. The van der Waals surface area contributed by atoms with Gasteiger partial charge in [0, 0.05) is 85.3 Å². The summed E-state index contributed by atoms with van der Waals surface area (Å²) in [6, 6.07) is 0. The van der Waals surface area contributed by atoms with E-state index in [-0.39, 0.29) is 56.3 Å². The van der Waals surface area contributed by atoms with Crippen molar-refractivity contribution in [3.63, 3.8) is 0 Å². The first kappa shape index (κ1) is 24.0. The number of nitrogens with one attached hydrogen (secondary N) is 2. The van der Waals surface area contributed by atoms with E-state index in [1.165, 1.54) is 0 Å². The Balaban J connectivity index is 0. The second-order valence-electron chi connectivity index (χ2n) is 4.24. The largest absolute Gasteiger partial charge is 0.472 e. The van der Waals surface area contributed by atoms with E-state index in [1.54, 1.807) is 14.2 Å². The second-order valence-corrected chi connectivity index (χ2v) is 4.24. The molecule has 1 aliphatic rings. The summed E-state index contributed by atoms with van der Waals surface area (Å²) >= 11 is 0. The maximum absolute atomic E-state index is 9.69. The first-order valence-corrected chi connectivity index (χ1v) is 6.55. The van der Waals surface area contributed by atoms with Crippen molar-refractivity contribution >= 4 is 0 Å². The first-order valence-electron chi connectivity index (χ1n) is 6.55. The van der Waals surface area contributed by atoms with Gasteiger partial charge in [0.25, 0.3) is 0 Å². The van der Waals surface area contributed by atoms with Gasteiger partial charge in [-0.1, -0.05) is 0 Å². The summed E-state index contributed by atoms with van der Waals surface area (Å²) in [5.74, 6) is -0.301. The molecule has 0 saturated carbocycles. The van der Waals surface area contributed by atoms with E-state index in [1.807, 2.05) is 0 Å². The molecule has 0 atom stereocenters. The minimum absolute atomic E-state index is 0. The van der Waals surface area contributed by atoms with Crippen LogP contribution in [0.5, 0.6) is 0 Å². The molecule has 0 aromatic carbocycles. The minimum Gasteiger partial charge on any atom is -0.472 e. The minimum atomic E-state index is -0.151. The van der Waals surface area contributed by atoms with Gasteiger partial charge in [-0.3, -0.25) is 0 Å². The number of rotatable bonds is 10. The Bertz CT molecular complexity index is 398. The smallest absolute Gasteiger partial charge is 0.149 e. The van der Waals surface area contributed by atoms with Crippen molar-refractivity contribution in [1.82, 2.24) is 10.6 Å². The number of ether oxygens (including phenoxy) is 2. The Labute approximate surface area is 163 Å². The number of hydrogen-bond donors (Lipinski definition) is 4. The molecule has 134 valence electrons. The number of aliphatic hydroxyl groups is 2. The quantitative estimate of drug-likeness (QED) is 0.157. The molecule has 0 spiro atoms. The molecule has 1 aliphatic carbocycles. The first-order chi connectivity index (χ1) is 9.69. The third kappa shape index (κ3) is 9.00. The molecule has 8 heteroatoms. The third-order valence-electron chi connectivity index (χ3n) is 2.61. The molecule has 0 aromatic heterocycles. The molecule has 6 nitrogen and oxygen atoms in total. The van der Waals surface area contributed by atoms with Gasteiger partial charge in [-0.15, -0.1) is 0 Å². The molecule has 0 saturated heterocycles. The van der Waals surface area contributed by atoms with E-state index >= 15 is 0 Å². The molecular formula is C14H22Au2N2O4. The molecule has 22 heavy (non-hydrogen) atoms. The second kappa shape index (κ2) is 14.3. The number of aliphatic hydroxyl groups excluding tert-OH is 2. The fourth-order valence-corrected chi connectivity index (χ4v) is 1.60. The zero-order valence-electron chi connectivity index (χ0n) is 12.6. The van der Waals surface area contributed by atoms with Gasteiger partial charge in [-0.05, 0) is 18.9 Å². The summed E-state index contributed by atoms with van der Waals surface area (Å²) in [6.45, 7) is 2.55. The monoisotopic (exact) mass is 676 g/mol. The van der Waals surface area contributed by atoms with Crippen LogP contribution < -0.4 is 10.6 Å². The van der Waals surface area contributed by atoms with Gasteiger partial charge in [-0.2, -0.15) is 0 Å². The van der Waals surface area contributed by atoms with Crippen LogP contribution in [-0.2, 0) is 54.2 Å². The van der Waals surface area contributed by atoms with Crippen molar-refractivity contribution in [3.05, 3.63) is 35.1 Å². The molecule has 0 amide bonds. The molecule has 0 aliphatic heterocycles. The van der Waals surface area contributed by atoms with Crippen LogP contribution in [0.3, 0.4) is 0 Å². The van der Waals surface area contributed by atoms with Gasteiger partial charge in [0.1, 0.15) is 22.9 Å². The molecule has 0 fully saturated rings. The van der Waals surface area contributed by atoms with Gasteiger partial charge >= 0.3 is 0 Å².